The van der Waals surface area contributed by atoms with Crippen molar-refractivity contribution in [1.29, 1.82) is 0 Å². The summed E-state index contributed by atoms with van der Waals surface area (Å²) in [7, 11) is 0. The number of hydrogen-bond acceptors (Lipinski definition) is 7. The molecule has 2 aromatic rings. The Balaban J connectivity index is 2.09. The fraction of sp³-hybridized carbons (Fsp3) is 0.538. The lowest BCUT2D eigenvalue weighted by molar-refractivity contribution is -0.0648. The van der Waals surface area contributed by atoms with Crippen LogP contribution in [-0.4, -0.2) is 45.4 Å². The number of fused-ring (bicyclic) bond motifs is 2. The highest BCUT2D eigenvalue weighted by Gasteiger charge is 2.43. The Hall–Kier alpha value is -1.70. The van der Waals surface area contributed by atoms with E-state index in [-0.39, 0.29) is 12.6 Å². The normalized spacial score (nSPS) is 24.4. The Bertz CT molecular complexity index is 625. The summed E-state index contributed by atoms with van der Waals surface area (Å²) in [6.45, 7) is 4.01. The van der Waals surface area contributed by atoms with Gasteiger partial charge in [0.25, 0.3) is 0 Å². The van der Waals surface area contributed by atoms with Crippen LogP contribution in [0.1, 0.15) is 25.5 Å². The minimum atomic E-state index is -0.751. The van der Waals surface area contributed by atoms with Crippen LogP contribution in [0, 0.1) is 0 Å². The molecule has 7 heteroatoms. The van der Waals surface area contributed by atoms with Crippen LogP contribution < -0.4 is 10.1 Å². The molecule has 2 atom stereocenters. The molecule has 1 aliphatic heterocycles. The van der Waals surface area contributed by atoms with Gasteiger partial charge in [-0.15, -0.1) is 0 Å². The van der Waals surface area contributed by atoms with E-state index in [0.717, 1.165) is 5.56 Å². The third-order valence-corrected chi connectivity index (χ3v) is 3.60. The SMILES string of the molecule is CC1(C)Oc2cc3nonc3cc2C(NCCO)C1O. The molecular formula is C13H17N3O4. The Labute approximate surface area is 115 Å². The minimum absolute atomic E-state index is 0.00635. The average Bonchev–Trinajstić information content (AvgIpc) is 2.84. The lowest BCUT2D eigenvalue weighted by Crippen LogP contribution is -2.52. The van der Waals surface area contributed by atoms with Crippen molar-refractivity contribution in [2.45, 2.75) is 31.6 Å². The molecule has 7 nitrogen and oxygen atoms in total. The van der Waals surface area contributed by atoms with Gasteiger partial charge in [-0.1, -0.05) is 0 Å². The fourth-order valence-electron chi connectivity index (χ4n) is 2.52. The van der Waals surface area contributed by atoms with Gasteiger partial charge in [0.15, 0.2) is 0 Å². The maximum absolute atomic E-state index is 10.5. The monoisotopic (exact) mass is 279 g/mol. The highest BCUT2D eigenvalue weighted by Crippen LogP contribution is 2.41. The third kappa shape index (κ3) is 2.04. The number of hydrogen-bond donors (Lipinski definition) is 3. The zero-order valence-electron chi connectivity index (χ0n) is 11.3. The van der Waals surface area contributed by atoms with E-state index in [1.54, 1.807) is 12.1 Å². The summed E-state index contributed by atoms with van der Waals surface area (Å²) in [5, 5.41) is 30.2. The van der Waals surface area contributed by atoms with E-state index in [9.17, 15) is 5.11 Å². The van der Waals surface area contributed by atoms with Crippen LogP contribution in [0.4, 0.5) is 0 Å². The van der Waals surface area contributed by atoms with Crippen LogP contribution in [0.5, 0.6) is 5.75 Å². The lowest BCUT2D eigenvalue weighted by Gasteiger charge is -2.42. The molecule has 108 valence electrons. The van der Waals surface area contributed by atoms with Gasteiger partial charge in [0, 0.05) is 18.2 Å². The Morgan fingerprint density at radius 3 is 2.70 bits per heavy atom. The molecule has 0 amide bonds. The molecule has 1 aromatic heterocycles. The van der Waals surface area contributed by atoms with Crippen molar-refractivity contribution in [2.24, 2.45) is 0 Å². The molecule has 2 heterocycles. The predicted molar refractivity (Wildman–Crippen MR) is 70.3 cm³/mol. The van der Waals surface area contributed by atoms with E-state index < -0.39 is 11.7 Å². The summed E-state index contributed by atoms with van der Waals surface area (Å²) in [4.78, 5) is 0. The smallest absolute Gasteiger partial charge is 0.138 e. The molecule has 0 fully saturated rings. The van der Waals surface area contributed by atoms with E-state index in [1.807, 2.05) is 13.8 Å². The maximum Gasteiger partial charge on any atom is 0.138 e. The Morgan fingerprint density at radius 2 is 2.00 bits per heavy atom. The van der Waals surface area contributed by atoms with Crippen molar-refractivity contribution in [3.05, 3.63) is 17.7 Å². The molecule has 20 heavy (non-hydrogen) atoms. The summed E-state index contributed by atoms with van der Waals surface area (Å²) >= 11 is 0. The van der Waals surface area contributed by atoms with Crippen molar-refractivity contribution in [2.75, 3.05) is 13.2 Å². The number of aliphatic hydroxyl groups excluding tert-OH is 2. The summed E-state index contributed by atoms with van der Waals surface area (Å²) in [5.41, 5.74) is 1.26. The van der Waals surface area contributed by atoms with Crippen molar-refractivity contribution >= 4 is 11.0 Å². The summed E-state index contributed by atoms with van der Waals surface area (Å²) < 4.78 is 10.6. The van der Waals surface area contributed by atoms with Crippen molar-refractivity contribution in [3.8, 4) is 5.75 Å². The Morgan fingerprint density at radius 1 is 1.30 bits per heavy atom. The van der Waals surface area contributed by atoms with Crippen LogP contribution in [0.3, 0.4) is 0 Å². The van der Waals surface area contributed by atoms with Crippen molar-refractivity contribution in [3.63, 3.8) is 0 Å². The highest BCUT2D eigenvalue weighted by atomic mass is 16.6. The Kier molecular flexibility index (Phi) is 3.12. The number of nitrogens with zero attached hydrogens (tertiary/aromatic N) is 2. The van der Waals surface area contributed by atoms with Gasteiger partial charge >= 0.3 is 0 Å². The van der Waals surface area contributed by atoms with E-state index in [0.29, 0.717) is 23.3 Å². The number of aliphatic hydroxyl groups is 2. The quantitative estimate of drug-likeness (QED) is 0.746. The summed E-state index contributed by atoms with van der Waals surface area (Å²) in [5.74, 6) is 0.638. The molecule has 1 aliphatic rings. The van der Waals surface area contributed by atoms with Crippen LogP contribution >= 0.6 is 0 Å². The molecule has 1 aromatic carbocycles. The van der Waals surface area contributed by atoms with Crippen molar-refractivity contribution in [1.82, 2.24) is 15.6 Å². The van der Waals surface area contributed by atoms with Gasteiger partial charge in [-0.25, -0.2) is 4.63 Å². The molecule has 0 spiro atoms. The second-order valence-electron chi connectivity index (χ2n) is 5.45. The fourth-order valence-corrected chi connectivity index (χ4v) is 2.52. The first-order valence-corrected chi connectivity index (χ1v) is 6.50. The standard InChI is InChI=1S/C13H17N3O4/c1-13(2)12(18)11(14-3-4-17)7-5-8-9(16-20-15-8)6-10(7)19-13/h5-6,11-12,14,17-18H,3-4H2,1-2H3. The number of aromatic nitrogens is 2. The second kappa shape index (κ2) is 4.69. The number of nitrogens with one attached hydrogen (secondary N) is 1. The maximum atomic E-state index is 10.5. The molecule has 0 saturated carbocycles. The second-order valence-corrected chi connectivity index (χ2v) is 5.45. The average molecular weight is 279 g/mol. The summed E-state index contributed by atoms with van der Waals surface area (Å²) in [6.07, 6.45) is -0.751. The number of benzene rings is 1. The van der Waals surface area contributed by atoms with Gasteiger partial charge < -0.3 is 20.3 Å². The first-order valence-electron chi connectivity index (χ1n) is 6.50. The van der Waals surface area contributed by atoms with Crippen molar-refractivity contribution < 1.29 is 19.6 Å². The largest absolute Gasteiger partial charge is 0.485 e. The molecule has 0 saturated heterocycles. The first kappa shape index (κ1) is 13.3. The minimum Gasteiger partial charge on any atom is -0.485 e. The van der Waals surface area contributed by atoms with Crippen LogP contribution in [0.15, 0.2) is 16.8 Å². The van der Waals surface area contributed by atoms with Gasteiger partial charge in [0.2, 0.25) is 0 Å². The van der Waals surface area contributed by atoms with Crippen LogP contribution in [-0.2, 0) is 0 Å². The summed E-state index contributed by atoms with van der Waals surface area (Å²) in [6, 6.07) is 3.19. The molecule has 0 radical (unpaired) electrons. The zero-order chi connectivity index (χ0) is 14.3. The molecule has 0 aliphatic carbocycles. The molecular weight excluding hydrogens is 262 g/mol. The van der Waals surface area contributed by atoms with Gasteiger partial charge in [-0.3, -0.25) is 0 Å². The molecule has 3 N–H and O–H groups in total. The van der Waals surface area contributed by atoms with Gasteiger partial charge in [-0.05, 0) is 30.2 Å². The van der Waals surface area contributed by atoms with E-state index in [4.69, 9.17) is 14.5 Å². The van der Waals surface area contributed by atoms with E-state index >= 15 is 0 Å². The molecule has 3 rings (SSSR count). The zero-order valence-corrected chi connectivity index (χ0v) is 11.3. The first-order chi connectivity index (χ1) is 9.53. The van der Waals surface area contributed by atoms with Crippen LogP contribution in [0.2, 0.25) is 0 Å². The van der Waals surface area contributed by atoms with E-state index in [2.05, 4.69) is 15.6 Å². The highest BCUT2D eigenvalue weighted by molar-refractivity contribution is 5.77. The topological polar surface area (TPSA) is 101 Å². The van der Waals surface area contributed by atoms with Gasteiger partial charge in [0.1, 0.15) is 28.5 Å². The van der Waals surface area contributed by atoms with Gasteiger partial charge in [-0.2, -0.15) is 0 Å². The molecule has 2 unspecified atom stereocenters. The number of ether oxygens (including phenoxy) is 1. The number of rotatable bonds is 3. The lowest BCUT2D eigenvalue weighted by atomic mass is 9.86. The van der Waals surface area contributed by atoms with E-state index in [1.165, 1.54) is 0 Å². The molecule has 0 bridgehead atoms. The third-order valence-electron chi connectivity index (χ3n) is 3.60. The van der Waals surface area contributed by atoms with Gasteiger partial charge in [0.05, 0.1) is 12.6 Å². The predicted octanol–water partition coefficient (Wildman–Crippen LogP) is 0.378. The van der Waals surface area contributed by atoms with Crippen LogP contribution in [0.25, 0.3) is 11.0 Å².